The summed E-state index contributed by atoms with van der Waals surface area (Å²) < 4.78 is 1.72. The molecule has 0 aliphatic carbocycles. The van der Waals surface area contributed by atoms with E-state index < -0.39 is 0 Å². The third-order valence-corrected chi connectivity index (χ3v) is 3.81. The number of anilines is 1. The molecule has 114 valence electrons. The molecular weight excluding hydrogens is 292 g/mol. The fraction of sp³-hybridized carbons (Fsp3) is 0.125. The van der Waals surface area contributed by atoms with Gasteiger partial charge >= 0.3 is 0 Å². The Balaban J connectivity index is 1.70. The second-order valence-corrected chi connectivity index (χ2v) is 5.38. The maximum atomic E-state index is 12.5. The Kier molecular flexibility index (Phi) is 2.87. The van der Waals surface area contributed by atoms with E-state index in [2.05, 4.69) is 25.6 Å². The van der Waals surface area contributed by atoms with E-state index in [1.165, 1.54) is 0 Å². The Morgan fingerprint density at radius 3 is 2.96 bits per heavy atom. The minimum atomic E-state index is -0.273. The van der Waals surface area contributed by atoms with Crippen LogP contribution in [0.2, 0.25) is 0 Å². The molecule has 7 nitrogen and oxygen atoms in total. The summed E-state index contributed by atoms with van der Waals surface area (Å²) in [6, 6.07) is 9.38. The fourth-order valence-corrected chi connectivity index (χ4v) is 2.70. The third kappa shape index (κ3) is 2.13. The van der Waals surface area contributed by atoms with Gasteiger partial charge in [-0.05, 0) is 19.1 Å². The van der Waals surface area contributed by atoms with Crippen LogP contribution in [0.25, 0.3) is 21.9 Å². The van der Waals surface area contributed by atoms with Crippen LogP contribution in [0.3, 0.4) is 0 Å². The molecule has 3 aromatic heterocycles. The third-order valence-electron chi connectivity index (χ3n) is 3.81. The maximum absolute atomic E-state index is 12.5. The van der Waals surface area contributed by atoms with E-state index in [1.807, 2.05) is 44.3 Å². The highest BCUT2D eigenvalue weighted by molar-refractivity contribution is 6.11. The highest BCUT2D eigenvalue weighted by Crippen LogP contribution is 2.21. The van der Waals surface area contributed by atoms with E-state index in [-0.39, 0.29) is 5.91 Å². The summed E-state index contributed by atoms with van der Waals surface area (Å²) in [5.41, 5.74) is 3.46. The number of fused-ring (bicyclic) bond motifs is 2. The Bertz CT molecular complexity index is 1050. The molecule has 0 radical (unpaired) electrons. The zero-order valence-corrected chi connectivity index (χ0v) is 12.7. The molecular formula is C16H14N6O. The van der Waals surface area contributed by atoms with Gasteiger partial charge in [-0.1, -0.05) is 18.2 Å². The second-order valence-electron chi connectivity index (χ2n) is 5.38. The van der Waals surface area contributed by atoms with Gasteiger partial charge in [-0.25, -0.2) is 4.98 Å². The molecule has 1 aromatic carbocycles. The van der Waals surface area contributed by atoms with Crippen LogP contribution in [0.15, 0.2) is 36.5 Å². The first-order valence-electron chi connectivity index (χ1n) is 7.17. The molecule has 0 saturated heterocycles. The number of hydrogen-bond acceptors (Lipinski definition) is 4. The molecule has 0 aliphatic rings. The highest BCUT2D eigenvalue weighted by Gasteiger charge is 2.15. The zero-order chi connectivity index (χ0) is 16.0. The molecule has 2 N–H and O–H groups in total. The van der Waals surface area contributed by atoms with Crippen molar-refractivity contribution in [1.82, 2.24) is 25.0 Å². The average molecular weight is 306 g/mol. The summed E-state index contributed by atoms with van der Waals surface area (Å²) in [5, 5.41) is 15.8. The van der Waals surface area contributed by atoms with Crippen LogP contribution in [0.1, 0.15) is 16.2 Å². The summed E-state index contributed by atoms with van der Waals surface area (Å²) in [6.45, 7) is 1.91. The van der Waals surface area contributed by atoms with Gasteiger partial charge in [0.25, 0.3) is 5.91 Å². The van der Waals surface area contributed by atoms with Crippen molar-refractivity contribution in [2.24, 2.45) is 7.05 Å². The molecule has 4 rings (SSSR count). The van der Waals surface area contributed by atoms with E-state index in [0.717, 1.165) is 27.6 Å². The number of para-hydroxylation sites is 1. The van der Waals surface area contributed by atoms with E-state index in [1.54, 1.807) is 10.9 Å². The van der Waals surface area contributed by atoms with E-state index in [9.17, 15) is 4.79 Å². The van der Waals surface area contributed by atoms with Crippen LogP contribution in [-0.2, 0) is 7.05 Å². The molecule has 0 spiro atoms. The van der Waals surface area contributed by atoms with Gasteiger partial charge in [0.2, 0.25) is 0 Å². The number of benzene rings is 1. The molecule has 0 bridgehead atoms. The monoisotopic (exact) mass is 306 g/mol. The molecule has 7 heteroatoms. The SMILES string of the molecule is Cc1nn(C)c2ncc(NC(=O)c3n[nH]c4ccccc34)cc12. The molecule has 4 aromatic rings. The smallest absolute Gasteiger partial charge is 0.276 e. The number of nitrogens with one attached hydrogen (secondary N) is 2. The minimum absolute atomic E-state index is 0.273. The van der Waals surface area contributed by atoms with Crippen LogP contribution >= 0.6 is 0 Å². The number of carbonyl (C=O) groups excluding carboxylic acids is 1. The lowest BCUT2D eigenvalue weighted by atomic mass is 10.2. The van der Waals surface area contributed by atoms with E-state index in [0.29, 0.717) is 11.4 Å². The van der Waals surface area contributed by atoms with Gasteiger partial charge in [0.1, 0.15) is 0 Å². The number of pyridine rings is 1. The lowest BCUT2D eigenvalue weighted by molar-refractivity contribution is 0.102. The van der Waals surface area contributed by atoms with Crippen molar-refractivity contribution in [2.45, 2.75) is 6.92 Å². The van der Waals surface area contributed by atoms with E-state index in [4.69, 9.17) is 0 Å². The largest absolute Gasteiger partial charge is 0.319 e. The summed E-state index contributed by atoms with van der Waals surface area (Å²) in [7, 11) is 1.84. The summed E-state index contributed by atoms with van der Waals surface area (Å²) in [5.74, 6) is -0.273. The number of hydrogen-bond donors (Lipinski definition) is 2. The van der Waals surface area contributed by atoms with E-state index >= 15 is 0 Å². The molecule has 0 atom stereocenters. The maximum Gasteiger partial charge on any atom is 0.276 e. The number of nitrogens with zero attached hydrogens (tertiary/aromatic N) is 4. The zero-order valence-electron chi connectivity index (χ0n) is 12.7. The first kappa shape index (κ1) is 13.4. The van der Waals surface area contributed by atoms with Crippen LogP contribution < -0.4 is 5.32 Å². The standard InChI is InChI=1S/C16H14N6O/c1-9-12-7-10(8-17-15(12)22(2)21-9)18-16(23)14-11-5-3-4-6-13(11)19-20-14/h3-8H,1-2H3,(H,18,23)(H,19,20). The first-order chi connectivity index (χ1) is 11.1. The van der Waals surface area contributed by atoms with Gasteiger partial charge in [-0.3, -0.25) is 14.6 Å². The van der Waals surface area contributed by atoms with Gasteiger partial charge in [0.05, 0.1) is 23.1 Å². The van der Waals surface area contributed by atoms with Crippen molar-refractivity contribution in [3.63, 3.8) is 0 Å². The Hall–Kier alpha value is -3.22. The van der Waals surface area contributed by atoms with Crippen molar-refractivity contribution in [1.29, 1.82) is 0 Å². The first-order valence-corrected chi connectivity index (χ1v) is 7.17. The number of carbonyl (C=O) groups is 1. The van der Waals surface area contributed by atoms with Gasteiger partial charge < -0.3 is 5.32 Å². The summed E-state index contributed by atoms with van der Waals surface area (Å²) >= 11 is 0. The van der Waals surface area contributed by atoms with Crippen molar-refractivity contribution in [3.8, 4) is 0 Å². The number of aromatic nitrogens is 5. The molecule has 0 unspecified atom stereocenters. The lowest BCUT2D eigenvalue weighted by Crippen LogP contribution is -2.13. The number of amides is 1. The van der Waals surface area contributed by atoms with Crippen molar-refractivity contribution < 1.29 is 4.79 Å². The van der Waals surface area contributed by atoms with Crippen LogP contribution in [0.4, 0.5) is 5.69 Å². The predicted octanol–water partition coefficient (Wildman–Crippen LogP) is 2.41. The number of aromatic amines is 1. The highest BCUT2D eigenvalue weighted by atomic mass is 16.1. The van der Waals surface area contributed by atoms with Gasteiger partial charge in [-0.2, -0.15) is 10.2 Å². The topological polar surface area (TPSA) is 88.5 Å². The van der Waals surface area contributed by atoms with Gasteiger partial charge in [0, 0.05) is 17.8 Å². The predicted molar refractivity (Wildman–Crippen MR) is 87.3 cm³/mol. The van der Waals surface area contributed by atoms with Crippen LogP contribution in [0, 0.1) is 6.92 Å². The minimum Gasteiger partial charge on any atom is -0.319 e. The molecule has 1 amide bonds. The van der Waals surface area contributed by atoms with Gasteiger partial charge in [-0.15, -0.1) is 0 Å². The molecule has 0 aliphatic heterocycles. The van der Waals surface area contributed by atoms with Gasteiger partial charge in [0.15, 0.2) is 11.3 Å². The molecule has 0 fully saturated rings. The number of aryl methyl sites for hydroxylation is 2. The Labute approximate surface area is 131 Å². The Morgan fingerprint density at radius 2 is 2.09 bits per heavy atom. The number of rotatable bonds is 2. The van der Waals surface area contributed by atoms with Crippen LogP contribution in [-0.4, -0.2) is 30.9 Å². The van der Waals surface area contributed by atoms with Crippen molar-refractivity contribution in [3.05, 3.63) is 47.9 Å². The van der Waals surface area contributed by atoms with Crippen molar-refractivity contribution >= 4 is 33.5 Å². The lowest BCUT2D eigenvalue weighted by Gasteiger charge is -2.03. The average Bonchev–Trinajstić information content (AvgIpc) is 3.09. The fourth-order valence-electron chi connectivity index (χ4n) is 2.70. The number of H-pyrrole nitrogens is 1. The summed E-state index contributed by atoms with van der Waals surface area (Å²) in [6.07, 6.45) is 1.62. The second kappa shape index (κ2) is 4.91. The quantitative estimate of drug-likeness (QED) is 0.595. The molecule has 0 saturated carbocycles. The summed E-state index contributed by atoms with van der Waals surface area (Å²) in [4.78, 5) is 16.8. The van der Waals surface area contributed by atoms with Crippen molar-refractivity contribution in [2.75, 3.05) is 5.32 Å². The molecule has 3 heterocycles. The normalized spacial score (nSPS) is 11.2. The molecule has 23 heavy (non-hydrogen) atoms. The van der Waals surface area contributed by atoms with Crippen LogP contribution in [0.5, 0.6) is 0 Å². The Morgan fingerprint density at radius 1 is 1.26 bits per heavy atom.